The van der Waals surface area contributed by atoms with Crippen LogP contribution in [0.3, 0.4) is 0 Å². The first-order valence-corrected chi connectivity index (χ1v) is 4.13. The molecule has 2 heterocycles. The summed E-state index contributed by atoms with van der Waals surface area (Å²) in [6.07, 6.45) is 6.79. The highest BCUT2D eigenvalue weighted by atomic mass is 16.3. The van der Waals surface area contributed by atoms with Gasteiger partial charge in [-0.2, -0.15) is 0 Å². The zero-order valence-electron chi connectivity index (χ0n) is 7.36. The second-order valence-corrected chi connectivity index (χ2v) is 2.84. The number of furan rings is 2. The van der Waals surface area contributed by atoms with E-state index in [0.29, 0.717) is 0 Å². The third-order valence-corrected chi connectivity index (χ3v) is 2.04. The van der Waals surface area contributed by atoms with Gasteiger partial charge < -0.3 is 14.2 Å². The van der Waals surface area contributed by atoms with Gasteiger partial charge in [-0.1, -0.05) is 0 Å². The molecule has 0 aliphatic heterocycles. The lowest BCUT2D eigenvalue weighted by Gasteiger charge is -2.11. The van der Waals surface area contributed by atoms with Gasteiger partial charge in [0.05, 0.1) is 31.1 Å². The van der Waals surface area contributed by atoms with Crippen LogP contribution in [-0.2, 0) is 0 Å². The Morgan fingerprint density at radius 3 is 1.92 bits per heavy atom. The molecule has 13 heavy (non-hydrogen) atoms. The van der Waals surface area contributed by atoms with E-state index in [4.69, 9.17) is 8.83 Å². The van der Waals surface area contributed by atoms with Gasteiger partial charge in [0.2, 0.25) is 0 Å². The van der Waals surface area contributed by atoms with Crippen LogP contribution in [-0.4, -0.2) is 7.05 Å². The standard InChI is InChI=1S/C10H11NO2/c1-11-10(8-2-4-12-6-8)9-3-5-13-7-9/h2-7,10-11H,1H3. The van der Waals surface area contributed by atoms with Gasteiger partial charge in [0.15, 0.2) is 0 Å². The third kappa shape index (κ3) is 1.51. The van der Waals surface area contributed by atoms with Crippen LogP contribution in [0.5, 0.6) is 0 Å². The van der Waals surface area contributed by atoms with Crippen LogP contribution in [0.2, 0.25) is 0 Å². The lowest BCUT2D eigenvalue weighted by Crippen LogP contribution is -2.16. The Bertz CT molecular complexity index is 303. The highest BCUT2D eigenvalue weighted by molar-refractivity contribution is 5.25. The molecule has 1 N–H and O–H groups in total. The fraction of sp³-hybridized carbons (Fsp3) is 0.200. The van der Waals surface area contributed by atoms with Gasteiger partial charge in [-0.3, -0.25) is 0 Å². The van der Waals surface area contributed by atoms with Gasteiger partial charge in [-0.05, 0) is 19.2 Å². The summed E-state index contributed by atoms with van der Waals surface area (Å²) in [6, 6.07) is 4.03. The van der Waals surface area contributed by atoms with Gasteiger partial charge in [0.25, 0.3) is 0 Å². The van der Waals surface area contributed by atoms with E-state index in [2.05, 4.69) is 5.32 Å². The molecule has 0 bridgehead atoms. The van der Waals surface area contributed by atoms with E-state index in [1.165, 1.54) is 0 Å². The summed E-state index contributed by atoms with van der Waals surface area (Å²) in [5.74, 6) is 0. The molecule has 3 heteroatoms. The van der Waals surface area contributed by atoms with Crippen molar-refractivity contribution in [3.63, 3.8) is 0 Å². The average molecular weight is 177 g/mol. The minimum absolute atomic E-state index is 0.150. The van der Waals surface area contributed by atoms with E-state index in [-0.39, 0.29) is 6.04 Å². The van der Waals surface area contributed by atoms with E-state index in [1.807, 2.05) is 19.2 Å². The summed E-state index contributed by atoms with van der Waals surface area (Å²) >= 11 is 0. The minimum atomic E-state index is 0.150. The summed E-state index contributed by atoms with van der Waals surface area (Å²) < 4.78 is 10.0. The first-order valence-electron chi connectivity index (χ1n) is 4.13. The van der Waals surface area contributed by atoms with E-state index >= 15 is 0 Å². The maximum atomic E-state index is 5.02. The number of rotatable bonds is 3. The molecule has 68 valence electrons. The van der Waals surface area contributed by atoms with Crippen molar-refractivity contribution in [2.24, 2.45) is 0 Å². The number of hydrogen-bond acceptors (Lipinski definition) is 3. The summed E-state index contributed by atoms with van der Waals surface area (Å²) in [7, 11) is 1.91. The topological polar surface area (TPSA) is 38.3 Å². The maximum Gasteiger partial charge on any atom is 0.0953 e. The van der Waals surface area contributed by atoms with Crippen LogP contribution >= 0.6 is 0 Å². The molecule has 3 nitrogen and oxygen atoms in total. The Labute approximate surface area is 76.4 Å². The lowest BCUT2D eigenvalue weighted by molar-refractivity contribution is 0.549. The van der Waals surface area contributed by atoms with Crippen LogP contribution in [0.25, 0.3) is 0 Å². The van der Waals surface area contributed by atoms with Crippen molar-refractivity contribution in [1.29, 1.82) is 0 Å². The second kappa shape index (κ2) is 3.49. The average Bonchev–Trinajstić information content (AvgIpc) is 2.76. The van der Waals surface area contributed by atoms with E-state index in [0.717, 1.165) is 11.1 Å². The Morgan fingerprint density at radius 1 is 1.08 bits per heavy atom. The third-order valence-electron chi connectivity index (χ3n) is 2.04. The van der Waals surface area contributed by atoms with Crippen molar-refractivity contribution in [3.8, 4) is 0 Å². The normalized spacial score (nSPS) is 10.9. The highest BCUT2D eigenvalue weighted by Gasteiger charge is 2.13. The van der Waals surface area contributed by atoms with E-state index < -0.39 is 0 Å². The molecule has 0 aliphatic carbocycles. The molecule has 0 radical (unpaired) electrons. The number of hydrogen-bond donors (Lipinski definition) is 1. The van der Waals surface area contributed by atoms with E-state index in [9.17, 15) is 0 Å². The maximum absolute atomic E-state index is 5.02. The van der Waals surface area contributed by atoms with Gasteiger partial charge in [0, 0.05) is 11.1 Å². The van der Waals surface area contributed by atoms with Crippen molar-refractivity contribution < 1.29 is 8.83 Å². The Kier molecular flexibility index (Phi) is 2.19. The van der Waals surface area contributed by atoms with Crippen LogP contribution < -0.4 is 5.32 Å². The van der Waals surface area contributed by atoms with Crippen molar-refractivity contribution in [2.45, 2.75) is 6.04 Å². The molecule has 0 aliphatic rings. The van der Waals surface area contributed by atoms with Crippen molar-refractivity contribution in [2.75, 3.05) is 7.05 Å². The molecular formula is C10H11NO2. The molecule has 0 saturated carbocycles. The summed E-state index contributed by atoms with van der Waals surface area (Å²) in [4.78, 5) is 0. The molecule has 0 unspecified atom stereocenters. The quantitative estimate of drug-likeness (QED) is 0.780. The molecule has 2 rings (SSSR count). The van der Waals surface area contributed by atoms with Crippen LogP contribution in [0.15, 0.2) is 46.0 Å². The first kappa shape index (κ1) is 8.13. The predicted molar refractivity (Wildman–Crippen MR) is 48.3 cm³/mol. The minimum Gasteiger partial charge on any atom is -0.472 e. The van der Waals surface area contributed by atoms with Crippen LogP contribution in [0, 0.1) is 0 Å². The molecular weight excluding hydrogens is 166 g/mol. The Balaban J connectivity index is 2.29. The Morgan fingerprint density at radius 2 is 1.62 bits per heavy atom. The van der Waals surface area contributed by atoms with Crippen molar-refractivity contribution in [1.82, 2.24) is 5.32 Å². The fourth-order valence-electron chi connectivity index (χ4n) is 1.40. The van der Waals surface area contributed by atoms with Gasteiger partial charge >= 0.3 is 0 Å². The monoisotopic (exact) mass is 177 g/mol. The SMILES string of the molecule is CNC(c1ccoc1)c1ccoc1. The smallest absolute Gasteiger partial charge is 0.0953 e. The molecule has 2 aromatic rings. The molecule has 0 amide bonds. The first-order chi connectivity index (χ1) is 6.42. The molecule has 0 saturated heterocycles. The largest absolute Gasteiger partial charge is 0.472 e. The molecule has 0 spiro atoms. The second-order valence-electron chi connectivity index (χ2n) is 2.84. The van der Waals surface area contributed by atoms with Crippen molar-refractivity contribution >= 4 is 0 Å². The lowest BCUT2D eigenvalue weighted by atomic mass is 10.1. The fourth-order valence-corrected chi connectivity index (χ4v) is 1.40. The van der Waals surface area contributed by atoms with Gasteiger partial charge in [-0.15, -0.1) is 0 Å². The Hall–Kier alpha value is -1.48. The summed E-state index contributed by atoms with van der Waals surface area (Å²) in [6.45, 7) is 0. The van der Waals surface area contributed by atoms with Crippen LogP contribution in [0.4, 0.5) is 0 Å². The molecule has 0 fully saturated rings. The highest BCUT2D eigenvalue weighted by Crippen LogP contribution is 2.21. The van der Waals surface area contributed by atoms with Gasteiger partial charge in [0.1, 0.15) is 0 Å². The molecule has 2 aromatic heterocycles. The summed E-state index contributed by atoms with van der Waals surface area (Å²) in [5.41, 5.74) is 2.20. The van der Waals surface area contributed by atoms with Crippen LogP contribution in [0.1, 0.15) is 17.2 Å². The zero-order chi connectivity index (χ0) is 9.10. The number of nitrogens with one attached hydrogen (secondary N) is 1. The predicted octanol–water partition coefficient (Wildman–Crippen LogP) is 2.18. The molecule has 0 aromatic carbocycles. The van der Waals surface area contributed by atoms with Gasteiger partial charge in [-0.25, -0.2) is 0 Å². The van der Waals surface area contributed by atoms with Crippen molar-refractivity contribution in [3.05, 3.63) is 48.3 Å². The molecule has 0 atom stereocenters. The van der Waals surface area contributed by atoms with E-state index in [1.54, 1.807) is 25.1 Å². The summed E-state index contributed by atoms with van der Waals surface area (Å²) in [5, 5.41) is 3.19. The zero-order valence-corrected chi connectivity index (χ0v) is 7.36.